The van der Waals surface area contributed by atoms with Crippen LogP contribution in [0, 0.1) is 0 Å². The molecule has 1 aliphatic heterocycles. The van der Waals surface area contributed by atoms with Crippen molar-refractivity contribution in [3.63, 3.8) is 0 Å². The van der Waals surface area contributed by atoms with E-state index in [-0.39, 0.29) is 0 Å². The third-order valence-electron chi connectivity index (χ3n) is 4.08. The van der Waals surface area contributed by atoms with Crippen molar-refractivity contribution in [1.82, 2.24) is 30.3 Å². The molecule has 0 fully saturated rings. The van der Waals surface area contributed by atoms with Crippen LogP contribution in [0.25, 0.3) is 0 Å². The zero-order valence-corrected chi connectivity index (χ0v) is 15.2. The summed E-state index contributed by atoms with van der Waals surface area (Å²) in [6.45, 7) is 8.16. The molecule has 0 spiro atoms. The quantitative estimate of drug-likeness (QED) is 0.362. The van der Waals surface area contributed by atoms with Crippen molar-refractivity contribution in [2.45, 2.75) is 39.3 Å². The van der Waals surface area contributed by atoms with Crippen LogP contribution in [-0.2, 0) is 24.2 Å². The number of hydrogen-bond donors (Lipinski definition) is 2. The monoisotopic (exact) mass is 337 g/mol. The summed E-state index contributed by atoms with van der Waals surface area (Å²) in [6.07, 6.45) is 3.25. The number of guanidine groups is 1. The van der Waals surface area contributed by atoms with Crippen molar-refractivity contribution in [3.05, 3.63) is 11.6 Å². The normalized spacial score (nSPS) is 14.2. The number of aryl methyl sites for hydroxylation is 1. The third kappa shape index (κ3) is 5.76. The zero-order chi connectivity index (χ0) is 17.2. The van der Waals surface area contributed by atoms with E-state index in [1.54, 1.807) is 7.11 Å². The number of nitrogens with one attached hydrogen (secondary N) is 2. The molecule has 1 aromatic rings. The van der Waals surface area contributed by atoms with Gasteiger partial charge in [0.1, 0.15) is 12.4 Å². The molecule has 0 amide bonds. The molecule has 2 rings (SSSR count). The van der Waals surface area contributed by atoms with Crippen LogP contribution in [0.5, 0.6) is 0 Å². The minimum atomic E-state index is 0.562. The van der Waals surface area contributed by atoms with Crippen molar-refractivity contribution >= 4 is 5.96 Å². The number of fused-ring (bicyclic) bond motifs is 1. The number of hydrogen-bond acceptors (Lipinski definition) is 5. The van der Waals surface area contributed by atoms with Gasteiger partial charge in [-0.1, -0.05) is 0 Å². The van der Waals surface area contributed by atoms with Crippen LogP contribution in [0.15, 0.2) is 4.99 Å². The molecule has 0 saturated carbocycles. The van der Waals surface area contributed by atoms with Gasteiger partial charge in [-0.15, -0.1) is 10.2 Å². The lowest BCUT2D eigenvalue weighted by Gasteiger charge is -2.18. The Bertz CT molecular complexity index is 515. The average molecular weight is 337 g/mol. The molecule has 1 aromatic heterocycles. The molecule has 0 bridgehead atoms. The molecule has 0 saturated heterocycles. The highest BCUT2D eigenvalue weighted by atomic mass is 16.5. The lowest BCUT2D eigenvalue weighted by molar-refractivity contribution is 0.180. The summed E-state index contributed by atoms with van der Waals surface area (Å²) in [5.41, 5.74) is 0. The molecule has 24 heavy (non-hydrogen) atoms. The summed E-state index contributed by atoms with van der Waals surface area (Å²) in [4.78, 5) is 6.93. The first kappa shape index (κ1) is 18.7. The fraction of sp³-hybridized carbons (Fsp3) is 0.812. The van der Waals surface area contributed by atoms with E-state index < -0.39 is 0 Å². The van der Waals surface area contributed by atoms with E-state index in [2.05, 4.69) is 49.3 Å². The van der Waals surface area contributed by atoms with Gasteiger partial charge < -0.3 is 24.8 Å². The molecule has 0 radical (unpaired) electrons. The van der Waals surface area contributed by atoms with Crippen LogP contribution in [0.3, 0.4) is 0 Å². The second-order valence-corrected chi connectivity index (χ2v) is 6.06. The highest BCUT2D eigenvalue weighted by molar-refractivity contribution is 5.79. The Morgan fingerprint density at radius 3 is 3.00 bits per heavy atom. The molecular formula is C16H31N7O. The van der Waals surface area contributed by atoms with Gasteiger partial charge >= 0.3 is 0 Å². The van der Waals surface area contributed by atoms with Gasteiger partial charge in [0.2, 0.25) is 0 Å². The van der Waals surface area contributed by atoms with E-state index in [4.69, 9.17) is 4.74 Å². The van der Waals surface area contributed by atoms with Gasteiger partial charge in [-0.2, -0.15) is 0 Å². The fourth-order valence-electron chi connectivity index (χ4n) is 2.77. The molecule has 1 aliphatic rings. The molecule has 136 valence electrons. The van der Waals surface area contributed by atoms with Crippen LogP contribution in [0.1, 0.15) is 31.4 Å². The number of ether oxygens (including phenoxy) is 1. The van der Waals surface area contributed by atoms with Gasteiger partial charge in [-0.05, 0) is 26.8 Å². The van der Waals surface area contributed by atoms with Crippen molar-refractivity contribution in [1.29, 1.82) is 0 Å². The van der Waals surface area contributed by atoms with Crippen molar-refractivity contribution in [3.8, 4) is 0 Å². The average Bonchev–Trinajstić information content (AvgIpc) is 3.17. The molecule has 2 heterocycles. The van der Waals surface area contributed by atoms with Gasteiger partial charge in [-0.25, -0.2) is 4.99 Å². The minimum absolute atomic E-state index is 0.562. The number of rotatable bonds is 10. The lowest BCUT2D eigenvalue weighted by Crippen LogP contribution is -2.41. The maximum Gasteiger partial charge on any atom is 0.191 e. The summed E-state index contributed by atoms with van der Waals surface area (Å²) in [7, 11) is 3.87. The van der Waals surface area contributed by atoms with Crippen LogP contribution in [-0.4, -0.2) is 72.6 Å². The van der Waals surface area contributed by atoms with E-state index in [1.165, 1.54) is 0 Å². The smallest absolute Gasteiger partial charge is 0.191 e. The van der Waals surface area contributed by atoms with Gasteiger partial charge in [0.15, 0.2) is 11.8 Å². The molecule has 8 heteroatoms. The summed E-state index contributed by atoms with van der Waals surface area (Å²) in [5.74, 6) is 2.88. The van der Waals surface area contributed by atoms with E-state index in [9.17, 15) is 0 Å². The first-order chi connectivity index (χ1) is 11.7. The third-order valence-corrected chi connectivity index (χ3v) is 4.08. The number of aliphatic imine (C=N–C) groups is 1. The predicted octanol–water partition coefficient (Wildman–Crippen LogP) is 0.248. The highest BCUT2D eigenvalue weighted by Crippen LogP contribution is 2.14. The number of likely N-dealkylation sites (N-methyl/N-ethyl adjacent to an activating group) is 1. The largest absolute Gasteiger partial charge is 0.385 e. The molecule has 0 unspecified atom stereocenters. The van der Waals surface area contributed by atoms with E-state index >= 15 is 0 Å². The maximum atomic E-state index is 5.08. The second kappa shape index (κ2) is 10.2. The van der Waals surface area contributed by atoms with Gasteiger partial charge in [-0.3, -0.25) is 0 Å². The fourth-order valence-corrected chi connectivity index (χ4v) is 2.77. The molecule has 2 N–H and O–H groups in total. The number of nitrogens with zero attached hydrogens (tertiary/aromatic N) is 5. The first-order valence-corrected chi connectivity index (χ1v) is 8.85. The molecule has 0 atom stereocenters. The second-order valence-electron chi connectivity index (χ2n) is 6.06. The Balaban J connectivity index is 1.76. The van der Waals surface area contributed by atoms with E-state index in [1.807, 2.05) is 0 Å². The van der Waals surface area contributed by atoms with Crippen LogP contribution in [0.2, 0.25) is 0 Å². The van der Waals surface area contributed by atoms with Gasteiger partial charge in [0, 0.05) is 52.9 Å². The summed E-state index contributed by atoms with van der Waals surface area (Å²) >= 11 is 0. The Kier molecular flexibility index (Phi) is 7.97. The molecule has 0 aliphatic carbocycles. The van der Waals surface area contributed by atoms with E-state index in [0.717, 1.165) is 76.2 Å². The topological polar surface area (TPSA) is 79.6 Å². The van der Waals surface area contributed by atoms with Gasteiger partial charge in [0.05, 0.1) is 0 Å². The summed E-state index contributed by atoms with van der Waals surface area (Å²) in [5, 5.41) is 15.1. The predicted molar refractivity (Wildman–Crippen MR) is 95.2 cm³/mol. The molecular weight excluding hydrogens is 306 g/mol. The lowest BCUT2D eigenvalue weighted by atomic mass is 10.4. The number of aromatic nitrogens is 3. The van der Waals surface area contributed by atoms with Crippen LogP contribution in [0.4, 0.5) is 0 Å². The maximum absolute atomic E-state index is 5.08. The van der Waals surface area contributed by atoms with Crippen LogP contribution < -0.4 is 10.6 Å². The highest BCUT2D eigenvalue weighted by Gasteiger charge is 2.16. The van der Waals surface area contributed by atoms with Crippen molar-refractivity contribution < 1.29 is 4.74 Å². The van der Waals surface area contributed by atoms with Crippen molar-refractivity contribution in [2.24, 2.45) is 4.99 Å². The first-order valence-electron chi connectivity index (χ1n) is 8.85. The Labute approximate surface area is 144 Å². The zero-order valence-electron chi connectivity index (χ0n) is 15.2. The summed E-state index contributed by atoms with van der Waals surface area (Å²) < 4.78 is 7.27. The molecule has 0 aromatic carbocycles. The summed E-state index contributed by atoms with van der Waals surface area (Å²) in [6, 6.07) is 0. The van der Waals surface area contributed by atoms with Crippen molar-refractivity contribution in [2.75, 3.05) is 46.9 Å². The standard InChI is InChI=1S/C16H31N7O/c1-4-17-16(18-8-11-22(2)9-6-12-24-3)19-13-15-21-20-14-7-5-10-23(14)15/h4-13H2,1-3H3,(H2,17,18,19). The SMILES string of the molecule is CCNC(=NCc1nnc2n1CCC2)NCCN(C)CCCOC. The van der Waals surface area contributed by atoms with E-state index in [0.29, 0.717) is 6.54 Å². The minimum Gasteiger partial charge on any atom is -0.385 e. The Hall–Kier alpha value is -1.67. The van der Waals surface area contributed by atoms with Crippen LogP contribution >= 0.6 is 0 Å². The Morgan fingerprint density at radius 2 is 2.21 bits per heavy atom. The van der Waals surface area contributed by atoms with Gasteiger partial charge in [0.25, 0.3) is 0 Å². The number of methoxy groups -OCH3 is 1. The molecule has 8 nitrogen and oxygen atoms in total. The Morgan fingerprint density at radius 1 is 1.33 bits per heavy atom.